The number of hydrogen-bond donors (Lipinski definition) is 1. The summed E-state index contributed by atoms with van der Waals surface area (Å²) < 4.78 is 10.5. The van der Waals surface area contributed by atoms with Crippen molar-refractivity contribution < 1.29 is 14.3 Å². The van der Waals surface area contributed by atoms with E-state index in [0.717, 1.165) is 17.1 Å². The molecule has 0 aliphatic rings. The number of fused-ring (bicyclic) bond motifs is 1. The van der Waals surface area contributed by atoms with Crippen molar-refractivity contribution in [3.05, 3.63) is 56.4 Å². The van der Waals surface area contributed by atoms with E-state index >= 15 is 0 Å². The number of aromatic nitrogens is 2. The fourth-order valence-electron chi connectivity index (χ4n) is 2.86. The summed E-state index contributed by atoms with van der Waals surface area (Å²) in [5.74, 6) is 1.74. The van der Waals surface area contributed by atoms with Gasteiger partial charge in [-0.15, -0.1) is 23.1 Å². The Morgan fingerprint density at radius 2 is 2.11 bits per heavy atom. The molecule has 0 unspecified atom stereocenters. The molecule has 0 bridgehead atoms. The summed E-state index contributed by atoms with van der Waals surface area (Å²) >= 11 is 2.86. The maximum absolute atomic E-state index is 12.6. The molecule has 1 N–H and O–H groups in total. The minimum atomic E-state index is -0.414. The number of methoxy groups -OCH3 is 1. The van der Waals surface area contributed by atoms with E-state index in [1.54, 1.807) is 32.7 Å². The van der Waals surface area contributed by atoms with Gasteiger partial charge < -0.3 is 14.5 Å². The summed E-state index contributed by atoms with van der Waals surface area (Å²) in [6, 6.07) is 7.86. The van der Waals surface area contributed by atoms with Gasteiger partial charge in [-0.2, -0.15) is 0 Å². The number of carbonyl (C=O) groups excluding carboxylic acids is 1. The Kier molecular flexibility index (Phi) is 6.41. The van der Waals surface area contributed by atoms with E-state index in [0.29, 0.717) is 26.5 Å². The van der Waals surface area contributed by atoms with Gasteiger partial charge in [0.2, 0.25) is 0 Å². The second-order valence-corrected chi connectivity index (χ2v) is 8.50. The highest BCUT2D eigenvalue weighted by Crippen LogP contribution is 2.33. The van der Waals surface area contributed by atoms with Gasteiger partial charge in [-0.1, -0.05) is 18.2 Å². The van der Waals surface area contributed by atoms with Gasteiger partial charge >= 0.3 is 5.97 Å². The number of para-hydroxylation sites is 1. The fourth-order valence-corrected chi connectivity index (χ4v) is 4.88. The minimum absolute atomic E-state index is 0.0320. The Bertz CT molecular complexity index is 1060. The zero-order valence-corrected chi connectivity index (χ0v) is 17.8. The quantitative estimate of drug-likeness (QED) is 0.570. The van der Waals surface area contributed by atoms with Gasteiger partial charge in [0.15, 0.2) is 0 Å². The summed E-state index contributed by atoms with van der Waals surface area (Å²) in [5, 5.41) is 0.425. The SMILES string of the molecule is CCOC(=O)c1sc2nc([C@H](C)SCc3ccccc3OC)[nH]c(=O)c2c1C. The molecule has 0 amide bonds. The molecule has 0 radical (unpaired) electrons. The smallest absolute Gasteiger partial charge is 0.348 e. The topological polar surface area (TPSA) is 81.3 Å². The van der Waals surface area contributed by atoms with Crippen LogP contribution in [0.3, 0.4) is 0 Å². The van der Waals surface area contributed by atoms with Crippen molar-refractivity contribution in [2.24, 2.45) is 0 Å². The van der Waals surface area contributed by atoms with Crippen molar-refractivity contribution in [1.29, 1.82) is 0 Å². The molecular weight excluding hydrogens is 396 g/mol. The van der Waals surface area contributed by atoms with E-state index in [-0.39, 0.29) is 17.4 Å². The standard InChI is InChI=1S/C20H22N2O4S2/c1-5-26-20(24)16-11(2)15-18(23)21-17(22-19(15)28-16)12(3)27-10-13-8-6-7-9-14(13)25-4/h6-9,12H,5,10H2,1-4H3,(H,21,22,23)/t12-/m0/s1. The molecule has 0 aliphatic carbocycles. The van der Waals surface area contributed by atoms with Crippen LogP contribution in [0.2, 0.25) is 0 Å². The summed E-state index contributed by atoms with van der Waals surface area (Å²) in [7, 11) is 1.65. The molecule has 0 fully saturated rings. The number of thioether (sulfide) groups is 1. The maximum atomic E-state index is 12.6. The Labute approximate surface area is 171 Å². The second kappa shape index (κ2) is 8.79. The number of esters is 1. The van der Waals surface area contributed by atoms with Crippen molar-refractivity contribution >= 4 is 39.3 Å². The lowest BCUT2D eigenvalue weighted by atomic mass is 10.2. The van der Waals surface area contributed by atoms with Crippen LogP contribution < -0.4 is 10.3 Å². The number of nitrogens with one attached hydrogen (secondary N) is 1. The number of aryl methyl sites for hydroxylation is 1. The van der Waals surface area contributed by atoms with Gasteiger partial charge in [-0.3, -0.25) is 4.79 Å². The highest BCUT2D eigenvalue weighted by atomic mass is 32.2. The van der Waals surface area contributed by atoms with Crippen LogP contribution in [0.5, 0.6) is 5.75 Å². The van der Waals surface area contributed by atoms with Crippen molar-refractivity contribution in [1.82, 2.24) is 9.97 Å². The number of thiophene rings is 1. The number of aromatic amines is 1. The molecule has 2 heterocycles. The van der Waals surface area contributed by atoms with E-state index in [1.165, 1.54) is 11.3 Å². The lowest BCUT2D eigenvalue weighted by Gasteiger charge is -2.12. The molecule has 8 heteroatoms. The molecule has 2 aromatic heterocycles. The predicted octanol–water partition coefficient (Wildman–Crippen LogP) is 4.47. The summed E-state index contributed by atoms with van der Waals surface area (Å²) in [4.78, 5) is 33.2. The van der Waals surface area contributed by atoms with Crippen LogP contribution in [0.15, 0.2) is 29.1 Å². The average Bonchev–Trinajstić information content (AvgIpc) is 3.03. The van der Waals surface area contributed by atoms with E-state index in [2.05, 4.69) is 9.97 Å². The lowest BCUT2D eigenvalue weighted by Crippen LogP contribution is -2.13. The van der Waals surface area contributed by atoms with Gasteiger partial charge in [0.1, 0.15) is 21.3 Å². The molecule has 0 saturated carbocycles. The Morgan fingerprint density at radius 1 is 1.36 bits per heavy atom. The molecule has 0 aliphatic heterocycles. The summed E-state index contributed by atoms with van der Waals surface area (Å²) in [6.45, 7) is 5.79. The van der Waals surface area contributed by atoms with Crippen molar-refractivity contribution in [2.45, 2.75) is 31.8 Å². The monoisotopic (exact) mass is 418 g/mol. The molecule has 28 heavy (non-hydrogen) atoms. The highest BCUT2D eigenvalue weighted by molar-refractivity contribution is 7.98. The van der Waals surface area contributed by atoms with Crippen LogP contribution in [0.25, 0.3) is 10.2 Å². The average molecular weight is 419 g/mol. The summed E-state index contributed by atoms with van der Waals surface area (Å²) in [6.07, 6.45) is 0. The summed E-state index contributed by atoms with van der Waals surface area (Å²) in [5.41, 5.74) is 1.48. The number of hydrogen-bond acceptors (Lipinski definition) is 7. The van der Waals surface area contributed by atoms with Gasteiger partial charge in [-0.25, -0.2) is 9.78 Å². The van der Waals surface area contributed by atoms with Gasteiger partial charge in [-0.05, 0) is 32.4 Å². The fraction of sp³-hybridized carbons (Fsp3) is 0.350. The van der Waals surface area contributed by atoms with E-state index in [9.17, 15) is 9.59 Å². The van der Waals surface area contributed by atoms with E-state index < -0.39 is 5.97 Å². The number of carbonyl (C=O) groups is 1. The van der Waals surface area contributed by atoms with Gasteiger partial charge in [0, 0.05) is 11.3 Å². The van der Waals surface area contributed by atoms with E-state index in [1.807, 2.05) is 31.2 Å². The number of ether oxygens (including phenoxy) is 2. The first-order valence-electron chi connectivity index (χ1n) is 8.90. The third-order valence-electron chi connectivity index (χ3n) is 4.35. The Morgan fingerprint density at radius 3 is 2.82 bits per heavy atom. The molecule has 0 spiro atoms. The van der Waals surface area contributed by atoms with Crippen LogP contribution in [-0.4, -0.2) is 29.7 Å². The molecular formula is C20H22N2O4S2. The van der Waals surface area contributed by atoms with Crippen LogP contribution in [0.1, 0.15) is 45.7 Å². The lowest BCUT2D eigenvalue weighted by molar-refractivity contribution is 0.0531. The van der Waals surface area contributed by atoms with Crippen LogP contribution in [0, 0.1) is 6.92 Å². The Hall–Kier alpha value is -2.32. The first-order valence-corrected chi connectivity index (χ1v) is 10.8. The largest absolute Gasteiger partial charge is 0.496 e. The highest BCUT2D eigenvalue weighted by Gasteiger charge is 2.21. The first kappa shape index (κ1) is 20.4. The normalized spacial score (nSPS) is 12.1. The number of benzene rings is 1. The third kappa shape index (κ3) is 4.07. The van der Waals surface area contributed by atoms with Crippen LogP contribution in [0.4, 0.5) is 0 Å². The van der Waals surface area contributed by atoms with Gasteiger partial charge in [0.25, 0.3) is 5.56 Å². The molecule has 1 aromatic carbocycles. The zero-order chi connectivity index (χ0) is 20.3. The molecule has 6 nitrogen and oxygen atoms in total. The Balaban J connectivity index is 1.87. The predicted molar refractivity (Wildman–Crippen MR) is 114 cm³/mol. The van der Waals surface area contributed by atoms with Crippen LogP contribution in [-0.2, 0) is 10.5 Å². The number of nitrogens with zero attached hydrogens (tertiary/aromatic N) is 1. The van der Waals surface area contributed by atoms with Crippen molar-refractivity contribution in [3.63, 3.8) is 0 Å². The van der Waals surface area contributed by atoms with E-state index in [4.69, 9.17) is 9.47 Å². The molecule has 3 aromatic rings. The molecule has 0 saturated heterocycles. The molecule has 1 atom stereocenters. The first-order chi connectivity index (χ1) is 13.5. The van der Waals surface area contributed by atoms with Crippen molar-refractivity contribution in [2.75, 3.05) is 13.7 Å². The maximum Gasteiger partial charge on any atom is 0.348 e. The van der Waals surface area contributed by atoms with Gasteiger partial charge in [0.05, 0.1) is 24.4 Å². The minimum Gasteiger partial charge on any atom is -0.496 e. The molecule has 3 rings (SSSR count). The number of H-pyrrole nitrogens is 1. The zero-order valence-electron chi connectivity index (χ0n) is 16.2. The van der Waals surface area contributed by atoms with Crippen molar-refractivity contribution in [3.8, 4) is 5.75 Å². The third-order valence-corrected chi connectivity index (χ3v) is 6.71. The number of rotatable bonds is 7. The van der Waals surface area contributed by atoms with Crippen LogP contribution >= 0.6 is 23.1 Å². The molecule has 148 valence electrons. The second-order valence-electron chi connectivity index (χ2n) is 6.17.